The third-order valence-electron chi connectivity index (χ3n) is 5.21. The first-order chi connectivity index (χ1) is 13.9. The maximum Gasteiger partial charge on any atom is 0.254 e. The second kappa shape index (κ2) is 9.18. The van der Waals surface area contributed by atoms with Crippen LogP contribution in [0.15, 0.2) is 48.5 Å². The standard InChI is InChI=1S/C23H27FN2O3/c1-15(2)21(17-4-8-19(24)9-5-17)22(27)25-20-10-6-18(7-11-20)23(28)26-12-13-29-14-16(26)3/h4-11,15-16,21H,12-14H2,1-3H3,(H,25,27). The molecule has 2 unspecified atom stereocenters. The molecule has 1 heterocycles. The minimum Gasteiger partial charge on any atom is -0.377 e. The van der Waals surface area contributed by atoms with Crippen LogP contribution in [-0.2, 0) is 9.53 Å². The molecule has 1 N–H and O–H groups in total. The summed E-state index contributed by atoms with van der Waals surface area (Å²) < 4.78 is 18.6. The normalized spacial score (nSPS) is 17.8. The summed E-state index contributed by atoms with van der Waals surface area (Å²) in [5.41, 5.74) is 1.97. The van der Waals surface area contributed by atoms with Gasteiger partial charge in [0.05, 0.1) is 25.2 Å². The molecule has 0 spiro atoms. The zero-order valence-electron chi connectivity index (χ0n) is 17.0. The molecule has 2 aromatic carbocycles. The molecule has 6 heteroatoms. The Hall–Kier alpha value is -2.73. The average molecular weight is 398 g/mol. The van der Waals surface area contributed by atoms with Gasteiger partial charge in [0.25, 0.3) is 5.91 Å². The lowest BCUT2D eigenvalue weighted by molar-refractivity contribution is -0.118. The first kappa shape index (κ1) is 21.0. The molecule has 0 aromatic heterocycles. The number of morpholine rings is 1. The number of hydrogen-bond donors (Lipinski definition) is 1. The van der Waals surface area contributed by atoms with Gasteiger partial charge in [-0.05, 0) is 54.8 Å². The van der Waals surface area contributed by atoms with Crippen molar-refractivity contribution in [3.63, 3.8) is 0 Å². The van der Waals surface area contributed by atoms with Crippen molar-refractivity contribution in [2.75, 3.05) is 25.1 Å². The molecule has 2 amide bonds. The van der Waals surface area contributed by atoms with E-state index in [0.717, 1.165) is 5.56 Å². The van der Waals surface area contributed by atoms with E-state index in [1.54, 1.807) is 41.3 Å². The molecule has 1 saturated heterocycles. The molecule has 1 aliphatic rings. The Kier molecular flexibility index (Phi) is 6.64. The number of hydrogen-bond acceptors (Lipinski definition) is 3. The Morgan fingerprint density at radius 2 is 1.76 bits per heavy atom. The Bertz CT molecular complexity index is 849. The second-order valence-electron chi connectivity index (χ2n) is 7.76. The van der Waals surface area contributed by atoms with E-state index >= 15 is 0 Å². The minimum atomic E-state index is -0.397. The Morgan fingerprint density at radius 1 is 1.10 bits per heavy atom. The molecular formula is C23H27FN2O3. The molecule has 0 radical (unpaired) electrons. The van der Waals surface area contributed by atoms with Crippen molar-refractivity contribution in [1.82, 2.24) is 4.90 Å². The highest BCUT2D eigenvalue weighted by atomic mass is 19.1. The van der Waals surface area contributed by atoms with Gasteiger partial charge in [-0.2, -0.15) is 0 Å². The second-order valence-corrected chi connectivity index (χ2v) is 7.76. The molecule has 5 nitrogen and oxygen atoms in total. The summed E-state index contributed by atoms with van der Waals surface area (Å²) in [7, 11) is 0. The number of benzene rings is 2. The summed E-state index contributed by atoms with van der Waals surface area (Å²) in [6, 6.07) is 13.0. The molecular weight excluding hydrogens is 371 g/mol. The third kappa shape index (κ3) is 5.01. The predicted octanol–water partition coefficient (Wildman–Crippen LogP) is 4.06. The first-order valence-corrected chi connectivity index (χ1v) is 9.92. The minimum absolute atomic E-state index is 0.0370. The van der Waals surface area contributed by atoms with E-state index in [0.29, 0.717) is 31.0 Å². The number of anilines is 1. The molecule has 154 valence electrons. The van der Waals surface area contributed by atoms with Gasteiger partial charge in [0.1, 0.15) is 5.82 Å². The lowest BCUT2D eigenvalue weighted by Gasteiger charge is -2.33. The monoisotopic (exact) mass is 398 g/mol. The number of ether oxygens (including phenoxy) is 1. The summed E-state index contributed by atoms with van der Waals surface area (Å²) in [5, 5.41) is 2.91. The van der Waals surface area contributed by atoms with E-state index in [-0.39, 0.29) is 29.6 Å². The van der Waals surface area contributed by atoms with Gasteiger partial charge in [-0.1, -0.05) is 26.0 Å². The topological polar surface area (TPSA) is 58.6 Å². The first-order valence-electron chi connectivity index (χ1n) is 9.92. The van der Waals surface area contributed by atoms with E-state index < -0.39 is 5.92 Å². The van der Waals surface area contributed by atoms with Crippen molar-refractivity contribution in [2.45, 2.75) is 32.7 Å². The van der Waals surface area contributed by atoms with Crippen LogP contribution in [0.3, 0.4) is 0 Å². The number of amides is 2. The maximum atomic E-state index is 13.2. The highest BCUT2D eigenvalue weighted by molar-refractivity contribution is 5.98. The quantitative estimate of drug-likeness (QED) is 0.826. The van der Waals surface area contributed by atoms with Crippen LogP contribution in [0.4, 0.5) is 10.1 Å². The van der Waals surface area contributed by atoms with Gasteiger partial charge in [-0.15, -0.1) is 0 Å². The Morgan fingerprint density at radius 3 is 2.34 bits per heavy atom. The summed E-state index contributed by atoms with van der Waals surface area (Å²) in [6.45, 7) is 7.54. The zero-order chi connectivity index (χ0) is 21.0. The van der Waals surface area contributed by atoms with E-state index in [4.69, 9.17) is 4.74 Å². The molecule has 2 atom stereocenters. The van der Waals surface area contributed by atoms with Gasteiger partial charge in [0.15, 0.2) is 0 Å². The molecule has 0 saturated carbocycles. The fourth-order valence-corrected chi connectivity index (χ4v) is 3.62. The van der Waals surface area contributed by atoms with Crippen LogP contribution in [0.25, 0.3) is 0 Å². The van der Waals surface area contributed by atoms with Gasteiger partial charge >= 0.3 is 0 Å². The summed E-state index contributed by atoms with van der Waals surface area (Å²) >= 11 is 0. The fourth-order valence-electron chi connectivity index (χ4n) is 3.62. The summed E-state index contributed by atoms with van der Waals surface area (Å²) in [4.78, 5) is 27.4. The molecule has 29 heavy (non-hydrogen) atoms. The van der Waals surface area contributed by atoms with Crippen LogP contribution >= 0.6 is 0 Å². The number of carbonyl (C=O) groups excluding carboxylic acids is 2. The fraction of sp³-hybridized carbons (Fsp3) is 0.391. The van der Waals surface area contributed by atoms with Gasteiger partial charge in [0, 0.05) is 17.8 Å². The van der Waals surface area contributed by atoms with E-state index in [2.05, 4.69) is 5.32 Å². The zero-order valence-corrected chi connectivity index (χ0v) is 17.0. The van der Waals surface area contributed by atoms with Crippen molar-refractivity contribution in [2.24, 2.45) is 5.92 Å². The number of rotatable bonds is 5. The molecule has 3 rings (SSSR count). The van der Waals surface area contributed by atoms with Crippen LogP contribution in [0.1, 0.15) is 42.6 Å². The van der Waals surface area contributed by atoms with Crippen molar-refractivity contribution < 1.29 is 18.7 Å². The predicted molar refractivity (Wildman–Crippen MR) is 110 cm³/mol. The molecule has 1 fully saturated rings. The van der Waals surface area contributed by atoms with Crippen molar-refractivity contribution in [3.8, 4) is 0 Å². The lowest BCUT2D eigenvalue weighted by atomic mass is 9.87. The summed E-state index contributed by atoms with van der Waals surface area (Å²) in [6.07, 6.45) is 0. The molecule has 2 aromatic rings. The largest absolute Gasteiger partial charge is 0.377 e. The Balaban J connectivity index is 1.70. The third-order valence-corrected chi connectivity index (χ3v) is 5.21. The molecule has 0 aliphatic carbocycles. The number of nitrogens with one attached hydrogen (secondary N) is 1. The average Bonchev–Trinajstić information content (AvgIpc) is 2.70. The molecule has 0 bridgehead atoms. The maximum absolute atomic E-state index is 13.2. The van der Waals surface area contributed by atoms with E-state index in [9.17, 15) is 14.0 Å². The molecule has 1 aliphatic heterocycles. The number of halogens is 1. The van der Waals surface area contributed by atoms with Crippen LogP contribution in [-0.4, -0.2) is 42.5 Å². The van der Waals surface area contributed by atoms with Crippen LogP contribution < -0.4 is 5.32 Å². The van der Waals surface area contributed by atoms with E-state index in [1.807, 2.05) is 20.8 Å². The van der Waals surface area contributed by atoms with E-state index in [1.165, 1.54) is 12.1 Å². The number of nitrogens with zero attached hydrogens (tertiary/aromatic N) is 1. The van der Waals surface area contributed by atoms with Gasteiger partial charge in [-0.25, -0.2) is 4.39 Å². The lowest BCUT2D eigenvalue weighted by Crippen LogP contribution is -2.47. The van der Waals surface area contributed by atoms with Crippen molar-refractivity contribution in [1.29, 1.82) is 0 Å². The summed E-state index contributed by atoms with van der Waals surface area (Å²) in [5.74, 6) is -0.876. The van der Waals surface area contributed by atoms with Gasteiger partial charge in [-0.3, -0.25) is 9.59 Å². The smallest absolute Gasteiger partial charge is 0.254 e. The van der Waals surface area contributed by atoms with Crippen LogP contribution in [0, 0.1) is 11.7 Å². The van der Waals surface area contributed by atoms with Crippen LogP contribution in [0.2, 0.25) is 0 Å². The highest BCUT2D eigenvalue weighted by Crippen LogP contribution is 2.26. The van der Waals surface area contributed by atoms with Crippen molar-refractivity contribution in [3.05, 3.63) is 65.5 Å². The van der Waals surface area contributed by atoms with Crippen molar-refractivity contribution >= 4 is 17.5 Å². The highest BCUT2D eigenvalue weighted by Gasteiger charge is 2.26. The van der Waals surface area contributed by atoms with Gasteiger partial charge < -0.3 is 15.0 Å². The van der Waals surface area contributed by atoms with Crippen LogP contribution in [0.5, 0.6) is 0 Å². The van der Waals surface area contributed by atoms with Gasteiger partial charge in [0.2, 0.25) is 5.91 Å². The SMILES string of the molecule is CC(C)C(C(=O)Nc1ccc(C(=O)N2CCOCC2C)cc1)c1ccc(F)cc1. The number of carbonyl (C=O) groups is 2. The Labute approximate surface area is 170 Å².